The lowest BCUT2D eigenvalue weighted by Crippen LogP contribution is -2.61. The number of rotatable bonds is 19. The molecule has 642 valence electrons. The molecule has 3 aliphatic heterocycles. The molecule has 12 N–H and O–H groups in total. The molecule has 0 radical (unpaired) electrons. The zero-order chi connectivity index (χ0) is 86.8. The first-order chi connectivity index (χ1) is 56.0. The molecule has 29 heteroatoms. The van der Waals surface area contributed by atoms with E-state index in [-0.39, 0.29) is 96.5 Å². The standard InChI is InChI=1S/C51H79NO13.C20H22N8O5.C18H20O2/c1-30-16-12-11-13-17-31(2)42(61-8)28-38-21-19-36(7)51(60,65-38)48(57)49(58)52-23-15-14-18-39(52)50(59)64-43(33(4)26-37-20-22-40(53)44(27-37)62-9)29-41(54)32(3)25-35(6)46(56)47(63-10)45(55)34(5)24-30;1-28(9-11-8-23-17-15(24-11)16(21)26-20(22)27-17)12-4-2-10(3-5-12)18(31)25-13(19(32)33)6-7-14(29)30;1-3-17(13-5-9-15(19)10-6-13)18(4-2)14-7-11-16(20)12-8-14/h11-13,16-17,25,30,32-34,36-40,42-44,46-47,53,56,60H,14-15,18-24,26-29H2,1-10H3;2-5,8,13H,6-7,9H2,1H3,(H,25,31)(H,29,30)(H,32,33)(H4,21,22,23,26,27);5-12,19-20H,3-4H2,1-2H3/b13-11?,16-12+,31-17?,35-25+;;18-17+/t30-,32-,33-,34-,36-,37+,38+,39+,40-,42+,43+,44-,46-,47+,51-;13-;/m10./s1. The first-order valence-corrected chi connectivity index (χ1v) is 40.6. The van der Waals surface area contributed by atoms with Crippen LogP contribution < -0.4 is 21.7 Å². The number of aliphatic hydroxyl groups is 3. The number of piperidine rings is 1. The van der Waals surface area contributed by atoms with Gasteiger partial charge in [0, 0.05) is 83.2 Å². The van der Waals surface area contributed by atoms with Gasteiger partial charge in [-0.25, -0.2) is 19.6 Å². The molecule has 9 rings (SSSR count). The normalized spacial score (nSPS) is 26.9. The lowest BCUT2D eigenvalue weighted by molar-refractivity contribution is -0.265. The van der Waals surface area contributed by atoms with Crippen LogP contribution in [0.3, 0.4) is 0 Å². The zero-order valence-corrected chi connectivity index (χ0v) is 70.1. The number of ether oxygens (including phenoxy) is 5. The van der Waals surface area contributed by atoms with Gasteiger partial charge in [-0.15, -0.1) is 0 Å². The number of allylic oxidation sites excluding steroid dienone is 8. The minimum atomic E-state index is -2.43. The van der Waals surface area contributed by atoms with Crippen molar-refractivity contribution in [3.05, 3.63) is 149 Å². The van der Waals surface area contributed by atoms with Gasteiger partial charge in [-0.1, -0.05) is 109 Å². The largest absolute Gasteiger partial charge is 0.508 e. The van der Waals surface area contributed by atoms with Crippen LogP contribution in [0.15, 0.2) is 127 Å². The second-order valence-electron chi connectivity index (χ2n) is 31.5. The molecule has 118 heavy (non-hydrogen) atoms. The summed E-state index contributed by atoms with van der Waals surface area (Å²) < 4.78 is 29.4. The minimum Gasteiger partial charge on any atom is -0.508 e. The van der Waals surface area contributed by atoms with Crippen molar-refractivity contribution >= 4 is 86.8 Å². The molecule has 5 aromatic rings. The highest BCUT2D eigenvalue weighted by atomic mass is 16.6. The van der Waals surface area contributed by atoms with E-state index in [4.69, 9.17) is 40.3 Å². The number of esters is 1. The number of aliphatic hydroxyl groups excluding tert-OH is 2. The highest BCUT2D eigenvalue weighted by Crippen LogP contribution is 2.39. The number of amides is 2. The molecular formula is C89H121N9O20. The third kappa shape index (κ3) is 26.4. The number of nitrogens with two attached hydrogens (primary N) is 2. The smallest absolute Gasteiger partial charge is 0.329 e. The van der Waals surface area contributed by atoms with Gasteiger partial charge in [-0.2, -0.15) is 9.97 Å². The number of carboxylic acid groups (broad SMARTS) is 2. The number of cyclic esters (lactones) is 1. The van der Waals surface area contributed by atoms with Gasteiger partial charge >= 0.3 is 17.9 Å². The first kappa shape index (κ1) is 95.0. The summed E-state index contributed by atoms with van der Waals surface area (Å²) in [5.41, 5.74) is 19.7. The molecule has 2 saturated heterocycles. The molecule has 3 fully saturated rings. The van der Waals surface area contributed by atoms with E-state index in [2.05, 4.69) is 39.1 Å². The second-order valence-corrected chi connectivity index (χ2v) is 31.5. The molecule has 3 aromatic carbocycles. The van der Waals surface area contributed by atoms with Crippen LogP contribution in [0.1, 0.15) is 192 Å². The number of nitrogens with zero attached hydrogens (tertiary/aromatic N) is 6. The van der Waals surface area contributed by atoms with E-state index < -0.39 is 108 Å². The van der Waals surface area contributed by atoms with Gasteiger partial charge in [0.15, 0.2) is 22.8 Å². The number of aromatic hydroxyl groups is 2. The van der Waals surface area contributed by atoms with E-state index in [0.717, 1.165) is 41.6 Å². The van der Waals surface area contributed by atoms with Gasteiger partial charge in [-0.3, -0.25) is 28.8 Å². The van der Waals surface area contributed by atoms with Crippen molar-refractivity contribution in [2.45, 2.75) is 232 Å². The van der Waals surface area contributed by atoms with Crippen LogP contribution >= 0.6 is 0 Å². The van der Waals surface area contributed by atoms with Gasteiger partial charge in [0.05, 0.1) is 42.9 Å². The van der Waals surface area contributed by atoms with E-state index in [1.807, 2.05) is 94.3 Å². The van der Waals surface area contributed by atoms with Gasteiger partial charge in [0.1, 0.15) is 47.7 Å². The average Bonchev–Trinajstić information content (AvgIpc) is 0.769. The Labute approximate surface area is 691 Å². The Balaban J connectivity index is 0.000000296. The Morgan fingerprint density at radius 1 is 0.754 bits per heavy atom. The van der Waals surface area contributed by atoms with Crippen LogP contribution in [0.5, 0.6) is 11.5 Å². The van der Waals surface area contributed by atoms with Gasteiger partial charge < -0.3 is 86.0 Å². The summed E-state index contributed by atoms with van der Waals surface area (Å²) in [7, 11) is 6.34. The first-order valence-electron chi connectivity index (χ1n) is 40.6. The van der Waals surface area contributed by atoms with E-state index in [1.165, 1.54) is 35.3 Å². The average molecular weight is 1640 g/mol. The molecule has 2 bridgehead atoms. The third-order valence-electron chi connectivity index (χ3n) is 22.7. The number of aromatic nitrogens is 4. The number of nitrogens with one attached hydrogen (secondary N) is 1. The minimum absolute atomic E-state index is 0.0138. The number of aliphatic carboxylic acids is 2. The summed E-state index contributed by atoms with van der Waals surface area (Å²) in [6, 6.07) is 18.7. The number of Topliss-reactive ketones (excluding diaryl/α,β-unsaturated/α-hetero) is 3. The van der Waals surface area contributed by atoms with Crippen molar-refractivity contribution in [1.29, 1.82) is 0 Å². The third-order valence-corrected chi connectivity index (χ3v) is 22.7. The van der Waals surface area contributed by atoms with E-state index in [1.54, 1.807) is 83.7 Å². The number of carbonyl (C=O) groups is 8. The van der Waals surface area contributed by atoms with E-state index >= 15 is 0 Å². The number of hydrogen-bond donors (Lipinski definition) is 10. The fourth-order valence-electron chi connectivity index (χ4n) is 15.7. The number of nitrogen functional groups attached to an aromatic ring is 2. The number of ketones is 3. The lowest BCUT2D eigenvalue weighted by atomic mass is 9.78. The lowest BCUT2D eigenvalue weighted by Gasteiger charge is -2.42. The van der Waals surface area contributed by atoms with Crippen molar-refractivity contribution in [2.24, 2.45) is 35.5 Å². The SMILES string of the molecule is CC/C(=C(/CC)c1ccc(O)cc1)c1ccc(O)cc1.CN(Cc1cnc2nc(N)nc(N)c2n1)c1ccc(C(=O)N[C@@H](CCC(=O)O)C(=O)O)cc1.CO[C@H]1C[C@@H]2CC[C@@H](C)[C@@](O)(O2)C(=O)C(=O)N2CCCC[C@H]2C(=O)O[C@H]([C@H](C)C[C@@H]2CC[C@@H](O)[C@H](OC)C2)CC(=O)[C@H](C)/C=C(\C)[C@@H](O)[C@@H](OC)C(=O)[C@H](C)C[C@H](C)/C=C/C=CC=C1C. The Morgan fingerprint density at radius 3 is 1.98 bits per heavy atom. The molecule has 16 atom stereocenters. The Hall–Kier alpha value is -10.1. The summed E-state index contributed by atoms with van der Waals surface area (Å²) in [6.07, 6.45) is 14.0. The maximum atomic E-state index is 14.4. The van der Waals surface area contributed by atoms with Crippen LogP contribution in [-0.2, 0) is 63.8 Å². The van der Waals surface area contributed by atoms with Crippen molar-refractivity contribution in [1.82, 2.24) is 30.2 Å². The number of methoxy groups -OCH3 is 3. The van der Waals surface area contributed by atoms with Crippen LogP contribution in [0.2, 0.25) is 0 Å². The van der Waals surface area contributed by atoms with Crippen molar-refractivity contribution in [3.8, 4) is 11.5 Å². The van der Waals surface area contributed by atoms with Crippen molar-refractivity contribution < 1.29 is 97.8 Å². The highest BCUT2D eigenvalue weighted by Gasteiger charge is 2.53. The maximum Gasteiger partial charge on any atom is 0.329 e. The number of carbonyl (C=O) groups excluding carboxylic acids is 6. The summed E-state index contributed by atoms with van der Waals surface area (Å²) in [5, 5.41) is 72.9. The number of phenolic OH excluding ortho intramolecular Hbond substituents is 2. The van der Waals surface area contributed by atoms with Crippen molar-refractivity contribution in [3.63, 3.8) is 0 Å². The maximum absolute atomic E-state index is 14.4. The second kappa shape index (κ2) is 45.1. The van der Waals surface area contributed by atoms with Crippen LogP contribution in [0.25, 0.3) is 22.3 Å². The Bertz CT molecular complexity index is 4340. The number of phenols is 2. The molecule has 1 aliphatic carbocycles. The predicted molar refractivity (Wildman–Crippen MR) is 447 cm³/mol. The number of carboxylic acids is 2. The quantitative estimate of drug-likeness (QED) is 0.0159. The summed E-state index contributed by atoms with van der Waals surface area (Å²) in [6.45, 7) is 17.4. The van der Waals surface area contributed by atoms with Crippen LogP contribution in [-0.4, -0.2) is 203 Å². The molecule has 2 aromatic heterocycles. The van der Waals surface area contributed by atoms with Crippen molar-refractivity contribution in [2.75, 3.05) is 51.3 Å². The highest BCUT2D eigenvalue weighted by molar-refractivity contribution is 6.39. The topological polar surface area (TPSA) is 446 Å². The number of anilines is 3. The molecule has 1 saturated carbocycles. The van der Waals surface area contributed by atoms with Crippen LogP contribution in [0, 0.1) is 35.5 Å². The summed E-state index contributed by atoms with van der Waals surface area (Å²) >= 11 is 0. The fourth-order valence-corrected chi connectivity index (χ4v) is 15.7. The van der Waals surface area contributed by atoms with E-state index in [0.29, 0.717) is 86.8 Å². The number of hydrogen-bond acceptors (Lipinski definition) is 25. The number of benzene rings is 3. The Kier molecular flexibility index (Phi) is 36.4. The molecule has 4 aliphatic rings. The molecule has 0 spiro atoms. The fraction of sp³-hybridized carbons (Fsp3) is 0.528. The van der Waals surface area contributed by atoms with Gasteiger partial charge in [0.2, 0.25) is 11.7 Å². The Morgan fingerprint density at radius 2 is 1.39 bits per heavy atom. The molecular weight excluding hydrogens is 1520 g/mol. The zero-order valence-electron chi connectivity index (χ0n) is 70.1. The predicted octanol–water partition coefficient (Wildman–Crippen LogP) is 11.3. The molecule has 5 heterocycles. The monoisotopic (exact) mass is 1640 g/mol. The van der Waals surface area contributed by atoms with E-state index in [9.17, 15) is 69.0 Å². The van der Waals surface area contributed by atoms with Gasteiger partial charge in [-0.05, 0) is 197 Å². The molecule has 29 nitrogen and oxygen atoms in total. The summed E-state index contributed by atoms with van der Waals surface area (Å²) in [5.74, 6) is -10.3. The molecule has 0 unspecified atom stereocenters. The summed E-state index contributed by atoms with van der Waals surface area (Å²) in [4.78, 5) is 124. The molecule has 2 amide bonds. The van der Waals surface area contributed by atoms with Gasteiger partial charge in [0.25, 0.3) is 17.6 Å². The van der Waals surface area contributed by atoms with Crippen LogP contribution in [0.4, 0.5) is 17.5 Å². The number of fused-ring (bicyclic) bond motifs is 4.